The molecular weight excluding hydrogens is 392 g/mol. The van der Waals surface area contributed by atoms with Crippen LogP contribution in [0.1, 0.15) is 109 Å². The quantitative estimate of drug-likeness (QED) is 0.168. The summed E-state index contributed by atoms with van der Waals surface area (Å²) in [4.78, 5) is 15.3. The largest absolute Gasteiger partial charge is 0.361 e. The number of aromatic nitrogens is 1. The third-order valence-electron chi connectivity index (χ3n) is 6.31. The molecule has 0 saturated carbocycles. The summed E-state index contributed by atoms with van der Waals surface area (Å²) in [5.74, 6) is 0.193. The van der Waals surface area contributed by atoms with Crippen LogP contribution in [0.3, 0.4) is 0 Å². The highest BCUT2D eigenvalue weighted by molar-refractivity contribution is 5.83. The van der Waals surface area contributed by atoms with E-state index >= 15 is 0 Å². The van der Waals surface area contributed by atoms with Crippen molar-refractivity contribution in [1.82, 2.24) is 10.3 Å². The highest BCUT2D eigenvalue weighted by Gasteiger charge is 2.04. The molecule has 2 rings (SSSR count). The lowest BCUT2D eigenvalue weighted by molar-refractivity contribution is -0.121. The fraction of sp³-hybridized carbons (Fsp3) is 0.621. The molecule has 32 heavy (non-hydrogen) atoms. The maximum Gasteiger partial charge on any atom is 0.220 e. The Bertz CT molecular complexity index is 761. The van der Waals surface area contributed by atoms with E-state index in [-0.39, 0.29) is 5.91 Å². The SMILES string of the molecule is CCCCCCCCC/C=C\CCCCCCCC(=O)NCCc1c[nH]c2ccccc12. The summed E-state index contributed by atoms with van der Waals surface area (Å²) in [6, 6.07) is 8.32. The highest BCUT2D eigenvalue weighted by atomic mass is 16.1. The number of aromatic amines is 1. The minimum absolute atomic E-state index is 0.193. The molecule has 0 spiro atoms. The zero-order valence-corrected chi connectivity index (χ0v) is 20.5. The van der Waals surface area contributed by atoms with Crippen LogP contribution in [0.25, 0.3) is 10.9 Å². The van der Waals surface area contributed by atoms with E-state index in [9.17, 15) is 4.79 Å². The zero-order valence-electron chi connectivity index (χ0n) is 20.5. The molecule has 2 aromatic rings. The maximum absolute atomic E-state index is 12.1. The molecule has 1 amide bonds. The average molecular weight is 439 g/mol. The molecule has 0 fully saturated rings. The zero-order chi connectivity index (χ0) is 22.7. The average Bonchev–Trinajstić information content (AvgIpc) is 3.22. The number of carbonyl (C=O) groups is 1. The van der Waals surface area contributed by atoms with E-state index in [0.29, 0.717) is 13.0 Å². The second-order valence-electron chi connectivity index (χ2n) is 9.15. The van der Waals surface area contributed by atoms with Gasteiger partial charge in [-0.05, 0) is 50.2 Å². The molecule has 0 aliphatic carbocycles. The number of fused-ring (bicyclic) bond motifs is 1. The minimum Gasteiger partial charge on any atom is -0.361 e. The van der Waals surface area contributed by atoms with E-state index in [0.717, 1.165) is 24.8 Å². The topological polar surface area (TPSA) is 44.9 Å². The number of unbranched alkanes of at least 4 members (excludes halogenated alkanes) is 12. The van der Waals surface area contributed by atoms with Gasteiger partial charge in [0, 0.05) is 30.1 Å². The number of carbonyl (C=O) groups excluding carboxylic acids is 1. The second-order valence-corrected chi connectivity index (χ2v) is 9.15. The van der Waals surface area contributed by atoms with Crippen LogP contribution in [0.15, 0.2) is 42.6 Å². The monoisotopic (exact) mass is 438 g/mol. The number of nitrogens with one attached hydrogen (secondary N) is 2. The summed E-state index contributed by atoms with van der Waals surface area (Å²) in [6.07, 6.45) is 26.5. The Balaban J connectivity index is 1.35. The summed E-state index contributed by atoms with van der Waals surface area (Å²) in [7, 11) is 0. The third-order valence-corrected chi connectivity index (χ3v) is 6.31. The van der Waals surface area contributed by atoms with Crippen LogP contribution in [-0.4, -0.2) is 17.4 Å². The molecule has 0 atom stereocenters. The Hall–Kier alpha value is -2.03. The van der Waals surface area contributed by atoms with E-state index in [4.69, 9.17) is 0 Å². The van der Waals surface area contributed by atoms with E-state index in [1.165, 1.54) is 88.0 Å². The van der Waals surface area contributed by atoms with Crippen LogP contribution >= 0.6 is 0 Å². The highest BCUT2D eigenvalue weighted by Crippen LogP contribution is 2.17. The molecule has 3 nitrogen and oxygen atoms in total. The fourth-order valence-electron chi connectivity index (χ4n) is 4.30. The lowest BCUT2D eigenvalue weighted by Gasteiger charge is -2.05. The first-order chi connectivity index (χ1) is 15.8. The molecule has 1 aromatic carbocycles. The van der Waals surface area contributed by atoms with Gasteiger partial charge in [0.15, 0.2) is 0 Å². The van der Waals surface area contributed by atoms with Crippen molar-refractivity contribution in [3.63, 3.8) is 0 Å². The number of amides is 1. The number of para-hydroxylation sites is 1. The Morgan fingerprint density at radius 3 is 2.19 bits per heavy atom. The molecule has 2 N–H and O–H groups in total. The Morgan fingerprint density at radius 2 is 1.47 bits per heavy atom. The van der Waals surface area contributed by atoms with Gasteiger partial charge in [0.05, 0.1) is 0 Å². The van der Waals surface area contributed by atoms with Gasteiger partial charge in [-0.25, -0.2) is 0 Å². The van der Waals surface area contributed by atoms with Crippen LogP contribution in [-0.2, 0) is 11.2 Å². The summed E-state index contributed by atoms with van der Waals surface area (Å²) >= 11 is 0. The van der Waals surface area contributed by atoms with Crippen molar-refractivity contribution in [3.05, 3.63) is 48.2 Å². The second kappa shape index (κ2) is 17.5. The molecule has 0 unspecified atom stereocenters. The molecule has 0 bridgehead atoms. The standard InChI is InChI=1S/C29H46N2O/c1-2-3-4-5-6-7-8-9-10-11-12-13-14-15-16-17-22-29(32)30-24-23-26-25-31-28-21-19-18-20-27(26)28/h10-11,18-21,25,31H,2-9,12-17,22-24H2,1H3,(H,30,32)/b11-10-. The van der Waals surface area contributed by atoms with E-state index in [2.05, 4.69) is 53.8 Å². The van der Waals surface area contributed by atoms with Crippen LogP contribution in [0.5, 0.6) is 0 Å². The Morgan fingerprint density at radius 1 is 0.844 bits per heavy atom. The summed E-state index contributed by atoms with van der Waals surface area (Å²) in [6.45, 7) is 2.99. The van der Waals surface area contributed by atoms with Gasteiger partial charge in [-0.2, -0.15) is 0 Å². The van der Waals surface area contributed by atoms with Gasteiger partial charge in [-0.3, -0.25) is 4.79 Å². The fourth-order valence-corrected chi connectivity index (χ4v) is 4.30. The van der Waals surface area contributed by atoms with Crippen molar-refractivity contribution in [2.45, 2.75) is 110 Å². The summed E-state index contributed by atoms with van der Waals surface area (Å²) in [5, 5.41) is 4.33. The number of allylic oxidation sites excluding steroid dienone is 2. The summed E-state index contributed by atoms with van der Waals surface area (Å²) in [5.41, 5.74) is 2.44. The number of rotatable bonds is 19. The Kier molecular flexibility index (Phi) is 14.4. The van der Waals surface area contributed by atoms with Gasteiger partial charge in [0.1, 0.15) is 0 Å². The third kappa shape index (κ3) is 11.5. The maximum atomic E-state index is 12.1. The van der Waals surface area contributed by atoms with Gasteiger partial charge in [-0.15, -0.1) is 0 Å². The van der Waals surface area contributed by atoms with Gasteiger partial charge in [0.2, 0.25) is 5.91 Å². The lowest BCUT2D eigenvalue weighted by Crippen LogP contribution is -2.25. The number of hydrogen-bond acceptors (Lipinski definition) is 1. The van der Waals surface area contributed by atoms with Crippen LogP contribution < -0.4 is 5.32 Å². The summed E-state index contributed by atoms with van der Waals surface area (Å²) < 4.78 is 0. The first-order valence-corrected chi connectivity index (χ1v) is 13.3. The predicted octanol–water partition coefficient (Wildman–Crippen LogP) is 8.25. The van der Waals surface area contributed by atoms with Crippen molar-refractivity contribution in [2.24, 2.45) is 0 Å². The molecule has 178 valence electrons. The van der Waals surface area contributed by atoms with Crippen LogP contribution in [0, 0.1) is 0 Å². The van der Waals surface area contributed by atoms with Crippen molar-refractivity contribution in [3.8, 4) is 0 Å². The lowest BCUT2D eigenvalue weighted by atomic mass is 10.1. The molecular formula is C29H46N2O. The molecule has 0 radical (unpaired) electrons. The molecule has 0 aliphatic rings. The number of benzene rings is 1. The molecule has 1 aromatic heterocycles. The molecule has 3 heteroatoms. The molecule has 0 saturated heterocycles. The van der Waals surface area contributed by atoms with Crippen LogP contribution in [0.4, 0.5) is 0 Å². The predicted molar refractivity (Wildman–Crippen MR) is 139 cm³/mol. The number of hydrogen-bond donors (Lipinski definition) is 2. The molecule has 1 heterocycles. The number of H-pyrrole nitrogens is 1. The van der Waals surface area contributed by atoms with Crippen molar-refractivity contribution in [2.75, 3.05) is 6.54 Å². The van der Waals surface area contributed by atoms with E-state index in [1.54, 1.807) is 0 Å². The van der Waals surface area contributed by atoms with Gasteiger partial charge < -0.3 is 10.3 Å². The van der Waals surface area contributed by atoms with E-state index in [1.807, 2.05) is 6.07 Å². The first-order valence-electron chi connectivity index (χ1n) is 13.3. The van der Waals surface area contributed by atoms with Gasteiger partial charge in [0.25, 0.3) is 0 Å². The van der Waals surface area contributed by atoms with Crippen molar-refractivity contribution < 1.29 is 4.79 Å². The normalized spacial score (nSPS) is 11.5. The van der Waals surface area contributed by atoms with Crippen molar-refractivity contribution in [1.29, 1.82) is 0 Å². The first kappa shape index (κ1) is 26.2. The van der Waals surface area contributed by atoms with Crippen molar-refractivity contribution >= 4 is 16.8 Å². The molecule has 0 aliphatic heterocycles. The van der Waals surface area contributed by atoms with E-state index < -0.39 is 0 Å². The van der Waals surface area contributed by atoms with Gasteiger partial charge in [-0.1, -0.05) is 95.1 Å². The Labute approximate surface area is 196 Å². The van der Waals surface area contributed by atoms with Gasteiger partial charge >= 0.3 is 0 Å². The minimum atomic E-state index is 0.193. The van der Waals surface area contributed by atoms with Crippen LogP contribution in [0.2, 0.25) is 0 Å². The smallest absolute Gasteiger partial charge is 0.220 e.